The molecule has 2 aliphatic rings. The van der Waals surface area contributed by atoms with Gasteiger partial charge in [0.15, 0.2) is 5.79 Å². The summed E-state index contributed by atoms with van der Waals surface area (Å²) in [6.07, 6.45) is 17.6. The van der Waals surface area contributed by atoms with Crippen LogP contribution >= 0.6 is 0 Å². The van der Waals surface area contributed by atoms with E-state index < -0.39 is 53.6 Å². The minimum absolute atomic E-state index is 0.0838. The van der Waals surface area contributed by atoms with Crippen LogP contribution in [0.4, 0.5) is 0 Å². The Morgan fingerprint density at radius 3 is 2.38 bits per heavy atom. The van der Waals surface area contributed by atoms with Crippen molar-refractivity contribution in [2.45, 2.75) is 102 Å². The van der Waals surface area contributed by atoms with Crippen molar-refractivity contribution in [3.8, 4) is 0 Å². The Hall–Kier alpha value is -3.16. The van der Waals surface area contributed by atoms with E-state index >= 15 is 0 Å². The molecule has 0 unspecified atom stereocenters. The molecule has 262 valence electrons. The number of carbonyl (C=O) groups is 2. The quantitative estimate of drug-likeness (QED) is 0.107. The highest BCUT2D eigenvalue weighted by atomic mass is 16.6. The second kappa shape index (κ2) is 19.0. The Bertz CT molecular complexity index is 1230. The molecule has 0 aromatic heterocycles. The third-order valence-electron chi connectivity index (χ3n) is 8.56. The summed E-state index contributed by atoms with van der Waals surface area (Å²) in [5.74, 6) is -4.52. The molecule has 0 aromatic rings. The van der Waals surface area contributed by atoms with Crippen LogP contribution in [0, 0.1) is 11.8 Å². The Balaban J connectivity index is 1.97. The molecular weight excluding hydrogens is 606 g/mol. The van der Waals surface area contributed by atoms with Gasteiger partial charge in [-0.1, -0.05) is 92.3 Å². The maximum absolute atomic E-state index is 13.1. The zero-order chi connectivity index (χ0) is 35.2. The fourth-order valence-corrected chi connectivity index (χ4v) is 5.66. The standard InChI is InChI=1S/C36H53NO10/c1-7-9-12-18-32-35(5,43)31(39)23-36(44,47-32)26(8-2)34(42)37-20-15-16-24(3)21-29(45-6)25(4)30-22-27(38)28(46-30)17-13-10-11-14-19-33(40)41/h7,9-19,21,25-32,38-39,43-44H,8,20,22-23H2,1-6H3,(H,37,42)(H,40,41)/b9-7+,11-10+,16-15+,17-13+,18-12+,19-14+,24-21+/t25-,26-,27-,28+,29+,30+,31+,32+,35+,36-/m1/s1. The van der Waals surface area contributed by atoms with Crippen molar-refractivity contribution >= 4 is 11.9 Å². The van der Waals surface area contributed by atoms with E-state index in [1.54, 1.807) is 68.7 Å². The number of hydrogen-bond acceptors (Lipinski definition) is 9. The average molecular weight is 660 g/mol. The number of rotatable bonds is 16. The molecule has 0 spiro atoms. The van der Waals surface area contributed by atoms with Gasteiger partial charge in [-0.05, 0) is 27.2 Å². The summed E-state index contributed by atoms with van der Waals surface area (Å²) >= 11 is 0. The minimum Gasteiger partial charge on any atom is -0.478 e. The first-order valence-corrected chi connectivity index (χ1v) is 16.0. The van der Waals surface area contributed by atoms with Gasteiger partial charge in [-0.25, -0.2) is 4.79 Å². The molecule has 2 rings (SSSR count). The normalized spacial score (nSPS) is 32.8. The summed E-state index contributed by atoms with van der Waals surface area (Å²) in [6, 6.07) is 0. The number of carboxylic acids is 1. The fraction of sp³-hybridized carbons (Fsp3) is 0.556. The Morgan fingerprint density at radius 1 is 1.06 bits per heavy atom. The molecular formula is C36H53NO10. The van der Waals surface area contributed by atoms with Crippen LogP contribution in [0.2, 0.25) is 0 Å². The number of aliphatic hydroxyl groups is 4. The highest BCUT2D eigenvalue weighted by Gasteiger charge is 2.55. The fourth-order valence-electron chi connectivity index (χ4n) is 5.66. The molecule has 0 saturated carbocycles. The molecule has 11 heteroatoms. The van der Waals surface area contributed by atoms with Crippen molar-refractivity contribution in [3.05, 3.63) is 84.6 Å². The Morgan fingerprint density at radius 2 is 1.74 bits per heavy atom. The second-order valence-corrected chi connectivity index (χ2v) is 12.2. The van der Waals surface area contributed by atoms with Crippen molar-refractivity contribution in [2.24, 2.45) is 11.8 Å². The van der Waals surface area contributed by atoms with Crippen LogP contribution < -0.4 is 5.32 Å². The summed E-state index contributed by atoms with van der Waals surface area (Å²) < 4.78 is 17.7. The van der Waals surface area contributed by atoms with Crippen molar-refractivity contribution in [2.75, 3.05) is 13.7 Å². The molecule has 10 atom stereocenters. The van der Waals surface area contributed by atoms with Gasteiger partial charge in [-0.2, -0.15) is 0 Å². The number of carbonyl (C=O) groups excluding carboxylic acids is 1. The van der Waals surface area contributed by atoms with E-state index in [1.807, 2.05) is 32.9 Å². The van der Waals surface area contributed by atoms with E-state index in [2.05, 4.69) is 5.32 Å². The second-order valence-electron chi connectivity index (χ2n) is 12.2. The summed E-state index contributed by atoms with van der Waals surface area (Å²) in [6.45, 7) is 9.08. The first-order chi connectivity index (χ1) is 22.2. The number of aliphatic carboxylic acids is 1. The van der Waals surface area contributed by atoms with E-state index in [0.717, 1.165) is 11.6 Å². The van der Waals surface area contributed by atoms with E-state index in [9.17, 15) is 30.0 Å². The Kier molecular flexibility index (Phi) is 16.2. The molecule has 0 bridgehead atoms. The van der Waals surface area contributed by atoms with Gasteiger partial charge >= 0.3 is 5.97 Å². The number of aliphatic hydroxyl groups excluding tert-OH is 2. The first-order valence-electron chi connectivity index (χ1n) is 16.0. The van der Waals surface area contributed by atoms with Crippen molar-refractivity contribution < 1.29 is 49.3 Å². The van der Waals surface area contributed by atoms with Gasteiger partial charge in [-0.3, -0.25) is 4.79 Å². The predicted octanol–water partition coefficient (Wildman–Crippen LogP) is 3.28. The van der Waals surface area contributed by atoms with Crippen LogP contribution in [0.3, 0.4) is 0 Å². The first kappa shape index (κ1) is 40.0. The van der Waals surface area contributed by atoms with Gasteiger partial charge in [0.2, 0.25) is 5.91 Å². The Labute approximate surface area is 278 Å². The maximum Gasteiger partial charge on any atom is 0.328 e. The van der Waals surface area contributed by atoms with Crippen LogP contribution in [0.15, 0.2) is 84.6 Å². The monoisotopic (exact) mass is 659 g/mol. The van der Waals surface area contributed by atoms with Gasteiger partial charge < -0.3 is 45.1 Å². The zero-order valence-corrected chi connectivity index (χ0v) is 28.2. The van der Waals surface area contributed by atoms with Gasteiger partial charge in [0.05, 0.1) is 30.3 Å². The lowest BCUT2D eigenvalue weighted by atomic mass is 9.79. The van der Waals surface area contributed by atoms with Gasteiger partial charge in [0.25, 0.3) is 0 Å². The van der Waals surface area contributed by atoms with Crippen molar-refractivity contribution in [1.82, 2.24) is 5.32 Å². The number of allylic oxidation sites excluding steroid dienone is 9. The minimum atomic E-state index is -1.98. The highest BCUT2D eigenvalue weighted by Crippen LogP contribution is 2.40. The summed E-state index contributed by atoms with van der Waals surface area (Å²) in [5.41, 5.74) is -0.762. The van der Waals surface area contributed by atoms with Crippen LogP contribution in [0.25, 0.3) is 0 Å². The maximum atomic E-state index is 13.1. The molecule has 2 fully saturated rings. The van der Waals surface area contributed by atoms with Gasteiger partial charge in [0, 0.05) is 38.5 Å². The van der Waals surface area contributed by atoms with E-state index in [1.165, 1.54) is 13.0 Å². The number of nitrogens with one attached hydrogen (secondary N) is 1. The average Bonchev–Trinajstić information content (AvgIpc) is 3.38. The third-order valence-corrected chi connectivity index (χ3v) is 8.56. The largest absolute Gasteiger partial charge is 0.478 e. The third kappa shape index (κ3) is 11.8. The summed E-state index contributed by atoms with van der Waals surface area (Å²) in [7, 11) is 1.60. The molecule has 2 saturated heterocycles. The molecule has 0 radical (unpaired) electrons. The number of ether oxygens (including phenoxy) is 3. The number of amides is 1. The van der Waals surface area contributed by atoms with E-state index in [0.29, 0.717) is 6.42 Å². The lowest BCUT2D eigenvalue weighted by Crippen LogP contribution is -2.64. The molecule has 47 heavy (non-hydrogen) atoms. The van der Waals surface area contributed by atoms with Crippen molar-refractivity contribution in [3.63, 3.8) is 0 Å². The zero-order valence-electron chi connectivity index (χ0n) is 28.2. The SMILES string of the molecule is C/C=C/C=C/[C@@H]1O[C@@](O)([C@H](CC)C(=O)NC/C=C/C(C)=C/[C@H](OC)[C@@H](C)[C@@H]2C[C@@H](O)[C@H](/C=C/C=C/C=C/C(=O)O)O2)C[C@H](O)[C@]1(C)O. The number of methoxy groups -OCH3 is 1. The topological polar surface area (TPSA) is 175 Å². The smallest absolute Gasteiger partial charge is 0.328 e. The lowest BCUT2D eigenvalue weighted by Gasteiger charge is -2.49. The summed E-state index contributed by atoms with van der Waals surface area (Å²) in [5, 5.41) is 54.8. The van der Waals surface area contributed by atoms with Gasteiger partial charge in [0.1, 0.15) is 17.8 Å². The molecule has 1 amide bonds. The van der Waals surface area contributed by atoms with Gasteiger partial charge in [-0.15, -0.1) is 0 Å². The molecule has 2 heterocycles. The van der Waals surface area contributed by atoms with Crippen LogP contribution in [-0.2, 0) is 23.8 Å². The predicted molar refractivity (Wildman–Crippen MR) is 179 cm³/mol. The van der Waals surface area contributed by atoms with Crippen LogP contribution in [0.1, 0.15) is 53.9 Å². The number of carboxylic acid groups (broad SMARTS) is 1. The van der Waals surface area contributed by atoms with Crippen LogP contribution in [0.5, 0.6) is 0 Å². The molecule has 0 aliphatic carbocycles. The van der Waals surface area contributed by atoms with Crippen LogP contribution in [-0.4, -0.2) is 99.1 Å². The molecule has 0 aromatic carbocycles. The molecule has 2 aliphatic heterocycles. The number of hydrogen-bond donors (Lipinski definition) is 6. The van der Waals surface area contributed by atoms with E-state index in [-0.39, 0.29) is 37.5 Å². The highest BCUT2D eigenvalue weighted by molar-refractivity contribution is 5.80. The lowest BCUT2D eigenvalue weighted by molar-refractivity contribution is -0.329. The summed E-state index contributed by atoms with van der Waals surface area (Å²) in [4.78, 5) is 23.7. The molecule has 6 N–H and O–H groups in total. The molecule has 11 nitrogen and oxygen atoms in total. The van der Waals surface area contributed by atoms with Crippen molar-refractivity contribution in [1.29, 1.82) is 0 Å². The van der Waals surface area contributed by atoms with E-state index in [4.69, 9.17) is 19.3 Å².